The minimum atomic E-state index is -4.83. The van der Waals surface area contributed by atoms with Crippen LogP contribution < -0.4 is 11.1 Å². The number of hydrogen-bond donors (Lipinski definition) is 2. The fraction of sp³-hybridized carbons (Fsp3) is 0.529. The third kappa shape index (κ3) is 5.88. The summed E-state index contributed by atoms with van der Waals surface area (Å²) in [4.78, 5) is 24.1. The van der Waals surface area contributed by atoms with Crippen LogP contribution in [0.2, 0.25) is 0 Å². The fourth-order valence-corrected chi connectivity index (χ4v) is 2.80. The maximum atomic E-state index is 12.4. The van der Waals surface area contributed by atoms with E-state index in [1.165, 1.54) is 0 Å². The van der Waals surface area contributed by atoms with Gasteiger partial charge in [0.15, 0.2) is 0 Å². The Morgan fingerprint density at radius 3 is 2.27 bits per heavy atom. The molecule has 1 heterocycles. The molecule has 2 amide bonds. The molecule has 5 nitrogen and oxygen atoms in total. The number of carbonyl (C=O) groups is 2. The number of nitrogens with one attached hydrogen (secondary N) is 1. The van der Waals surface area contributed by atoms with Crippen LogP contribution in [0, 0.1) is 12.8 Å². The van der Waals surface area contributed by atoms with E-state index in [4.69, 9.17) is 5.73 Å². The van der Waals surface area contributed by atoms with Crippen LogP contribution in [-0.4, -0.2) is 42.5 Å². The molecule has 1 aliphatic heterocycles. The summed E-state index contributed by atoms with van der Waals surface area (Å²) in [6.45, 7) is 2.36. The van der Waals surface area contributed by atoms with E-state index in [1.54, 1.807) is 12.1 Å². The van der Waals surface area contributed by atoms with Gasteiger partial charge < -0.3 is 16.0 Å². The number of piperidine rings is 1. The average molecular weight is 394 g/mol. The summed E-state index contributed by atoms with van der Waals surface area (Å²) >= 11 is 0. The molecule has 0 spiro atoms. The van der Waals surface area contributed by atoms with Gasteiger partial charge in [0, 0.05) is 19.6 Å². The normalized spacial score (nSPS) is 16.6. The number of alkyl halides is 3. The number of nitrogens with two attached hydrogens (primary N) is 1. The van der Waals surface area contributed by atoms with E-state index in [0.717, 1.165) is 10.5 Å². The van der Waals surface area contributed by atoms with Gasteiger partial charge in [-0.2, -0.15) is 13.2 Å². The third-order valence-corrected chi connectivity index (χ3v) is 4.43. The molecule has 0 bridgehead atoms. The summed E-state index contributed by atoms with van der Waals surface area (Å²) in [5.41, 5.74) is 7.69. The number of aryl methyl sites for hydroxylation is 1. The molecule has 146 valence electrons. The molecule has 1 fully saturated rings. The molecule has 3 N–H and O–H groups in total. The van der Waals surface area contributed by atoms with Gasteiger partial charge in [0.25, 0.3) is 0 Å². The molecule has 1 unspecified atom stereocenters. The van der Waals surface area contributed by atoms with E-state index >= 15 is 0 Å². The molecule has 1 atom stereocenters. The highest BCUT2D eigenvalue weighted by molar-refractivity contribution is 5.85. The lowest BCUT2D eigenvalue weighted by molar-refractivity contribution is -0.186. The number of likely N-dealkylation sites (tertiary alicyclic amines) is 1. The standard InChI is InChI=1S/C17H22F3N3O2.ClH/c1-11-2-4-13(5-3-11)14(21)15(24)22-10-12-6-8-23(9-7-12)16(25)17(18,19)20;/h2-5,12,14H,6-10,21H2,1H3,(H,22,24);1H. The molecule has 0 aliphatic carbocycles. The van der Waals surface area contributed by atoms with Crippen molar-refractivity contribution < 1.29 is 22.8 Å². The Hall–Kier alpha value is -1.80. The maximum absolute atomic E-state index is 12.4. The lowest BCUT2D eigenvalue weighted by Gasteiger charge is -2.32. The van der Waals surface area contributed by atoms with Gasteiger partial charge in [-0.25, -0.2) is 0 Å². The summed E-state index contributed by atoms with van der Waals surface area (Å²) in [5.74, 6) is -2.08. The quantitative estimate of drug-likeness (QED) is 0.824. The summed E-state index contributed by atoms with van der Waals surface area (Å²) < 4.78 is 37.2. The van der Waals surface area contributed by atoms with Gasteiger partial charge in [-0.05, 0) is 31.2 Å². The molecular weight excluding hydrogens is 371 g/mol. The summed E-state index contributed by atoms with van der Waals surface area (Å²) in [7, 11) is 0. The number of carbonyl (C=O) groups excluding carboxylic acids is 2. The van der Waals surface area contributed by atoms with Crippen LogP contribution >= 0.6 is 12.4 Å². The Labute approximate surface area is 156 Å². The first kappa shape index (κ1) is 22.2. The highest BCUT2D eigenvalue weighted by Gasteiger charge is 2.43. The summed E-state index contributed by atoms with van der Waals surface area (Å²) in [6.07, 6.45) is -3.99. The fourth-order valence-electron chi connectivity index (χ4n) is 2.80. The Kier molecular flexibility index (Phi) is 7.89. The molecule has 1 aliphatic rings. The first-order chi connectivity index (χ1) is 11.7. The maximum Gasteiger partial charge on any atom is 0.471 e. The van der Waals surface area contributed by atoms with Crippen molar-refractivity contribution in [3.8, 4) is 0 Å². The first-order valence-electron chi connectivity index (χ1n) is 8.14. The molecule has 1 saturated heterocycles. The Morgan fingerprint density at radius 2 is 1.77 bits per heavy atom. The van der Waals surface area contributed by atoms with Crippen molar-refractivity contribution in [3.05, 3.63) is 35.4 Å². The highest BCUT2D eigenvalue weighted by atomic mass is 35.5. The molecule has 26 heavy (non-hydrogen) atoms. The van der Waals surface area contributed by atoms with Crippen LogP contribution in [0.4, 0.5) is 13.2 Å². The van der Waals surface area contributed by atoms with Gasteiger partial charge in [-0.3, -0.25) is 9.59 Å². The van der Waals surface area contributed by atoms with E-state index in [1.807, 2.05) is 19.1 Å². The molecule has 1 aromatic carbocycles. The SMILES string of the molecule is Cc1ccc(C(N)C(=O)NCC2CCN(C(=O)C(F)(F)F)CC2)cc1.Cl. The summed E-state index contributed by atoms with van der Waals surface area (Å²) in [6, 6.07) is 6.54. The number of benzene rings is 1. The zero-order chi connectivity index (χ0) is 18.6. The van der Waals surface area contributed by atoms with Crippen LogP contribution in [0.3, 0.4) is 0 Å². The molecule has 0 radical (unpaired) electrons. The van der Waals surface area contributed by atoms with Gasteiger partial charge in [0.1, 0.15) is 6.04 Å². The van der Waals surface area contributed by atoms with Crippen molar-refractivity contribution in [3.63, 3.8) is 0 Å². The smallest absolute Gasteiger partial charge is 0.354 e. The van der Waals surface area contributed by atoms with E-state index in [9.17, 15) is 22.8 Å². The Morgan fingerprint density at radius 1 is 1.23 bits per heavy atom. The zero-order valence-electron chi connectivity index (χ0n) is 14.4. The van der Waals surface area contributed by atoms with Crippen molar-refractivity contribution in [2.24, 2.45) is 11.7 Å². The molecule has 0 aromatic heterocycles. The first-order valence-corrected chi connectivity index (χ1v) is 8.14. The second kappa shape index (κ2) is 9.23. The number of nitrogens with zero attached hydrogens (tertiary/aromatic N) is 1. The van der Waals surface area contributed by atoms with Crippen molar-refractivity contribution in [1.82, 2.24) is 10.2 Å². The van der Waals surface area contributed by atoms with Crippen molar-refractivity contribution >= 4 is 24.2 Å². The monoisotopic (exact) mass is 393 g/mol. The van der Waals surface area contributed by atoms with Crippen LogP contribution in [0.1, 0.15) is 30.0 Å². The minimum Gasteiger partial charge on any atom is -0.354 e. The van der Waals surface area contributed by atoms with Crippen LogP contribution in [-0.2, 0) is 9.59 Å². The lowest BCUT2D eigenvalue weighted by atomic mass is 9.96. The van der Waals surface area contributed by atoms with Crippen LogP contribution in [0.15, 0.2) is 24.3 Å². The minimum absolute atomic E-state index is 0. The average Bonchev–Trinajstić information content (AvgIpc) is 2.58. The van der Waals surface area contributed by atoms with E-state index in [-0.39, 0.29) is 37.3 Å². The number of amides is 2. The Bertz CT molecular complexity index is 615. The third-order valence-electron chi connectivity index (χ3n) is 4.43. The Balaban J connectivity index is 0.00000338. The second-order valence-electron chi connectivity index (χ2n) is 6.37. The predicted octanol–water partition coefficient (Wildman–Crippen LogP) is 2.33. The highest BCUT2D eigenvalue weighted by Crippen LogP contribution is 2.23. The van der Waals surface area contributed by atoms with Crippen molar-refractivity contribution in [1.29, 1.82) is 0 Å². The van der Waals surface area contributed by atoms with Gasteiger partial charge in [0.2, 0.25) is 5.91 Å². The number of rotatable bonds is 4. The van der Waals surface area contributed by atoms with E-state index < -0.39 is 18.1 Å². The van der Waals surface area contributed by atoms with Crippen molar-refractivity contribution in [2.75, 3.05) is 19.6 Å². The predicted molar refractivity (Wildman–Crippen MR) is 93.7 cm³/mol. The largest absolute Gasteiger partial charge is 0.471 e. The molecule has 1 aromatic rings. The zero-order valence-corrected chi connectivity index (χ0v) is 15.2. The van der Waals surface area contributed by atoms with Gasteiger partial charge >= 0.3 is 12.1 Å². The van der Waals surface area contributed by atoms with Crippen LogP contribution in [0.5, 0.6) is 0 Å². The van der Waals surface area contributed by atoms with Crippen LogP contribution in [0.25, 0.3) is 0 Å². The van der Waals surface area contributed by atoms with Gasteiger partial charge in [-0.15, -0.1) is 12.4 Å². The number of hydrogen-bond acceptors (Lipinski definition) is 3. The molecule has 0 saturated carbocycles. The molecule has 9 heteroatoms. The second-order valence-corrected chi connectivity index (χ2v) is 6.37. The molecular formula is C17H23ClF3N3O2. The van der Waals surface area contributed by atoms with Gasteiger partial charge in [0.05, 0.1) is 0 Å². The van der Waals surface area contributed by atoms with Crippen molar-refractivity contribution in [2.45, 2.75) is 32.0 Å². The number of halogens is 4. The van der Waals surface area contributed by atoms with E-state index in [2.05, 4.69) is 5.32 Å². The lowest BCUT2D eigenvalue weighted by Crippen LogP contribution is -2.47. The molecule has 2 rings (SSSR count). The van der Waals surface area contributed by atoms with Gasteiger partial charge in [-0.1, -0.05) is 29.8 Å². The summed E-state index contributed by atoms with van der Waals surface area (Å²) in [5, 5.41) is 2.75. The topological polar surface area (TPSA) is 75.4 Å². The van der Waals surface area contributed by atoms with E-state index in [0.29, 0.717) is 24.9 Å².